The molecule has 63 heavy (non-hydrogen) atoms. The summed E-state index contributed by atoms with van der Waals surface area (Å²) in [6.07, 6.45) is -10.5. The summed E-state index contributed by atoms with van der Waals surface area (Å²) in [6.45, 7) is 16.6. The molecule has 3 aliphatic heterocycles. The number of rotatable bonds is 12. The Morgan fingerprint density at radius 2 is 1.49 bits per heavy atom. The number of cyclic esters (lactones) is 1. The van der Waals surface area contributed by atoms with E-state index in [4.69, 9.17) is 37.9 Å². The highest BCUT2D eigenvalue weighted by molar-refractivity contribution is 5.83. The summed E-state index contributed by atoms with van der Waals surface area (Å²) in [5.74, 6) is -4.52. The second-order valence-corrected chi connectivity index (χ2v) is 18.8. The third kappa shape index (κ3) is 11.7. The number of benzene rings is 1. The summed E-state index contributed by atoms with van der Waals surface area (Å²) < 4.78 is 49.5. The molecule has 0 aromatic heterocycles. The minimum Gasteiger partial charge on any atom is -0.497 e. The van der Waals surface area contributed by atoms with Gasteiger partial charge in [-0.1, -0.05) is 27.7 Å². The number of aliphatic hydroxyl groups is 4. The number of amides is 1. The molecule has 4 rings (SSSR count). The largest absolute Gasteiger partial charge is 0.497 e. The number of Topliss-reactive ketones (excluding diaryl/α,β-unsaturated/α-hetero) is 1. The molecular weight excluding hydrogens is 821 g/mol. The first-order valence-corrected chi connectivity index (χ1v) is 22.3. The molecule has 0 saturated carbocycles. The molecule has 3 aliphatic rings. The highest BCUT2D eigenvalue weighted by Crippen LogP contribution is 2.42. The molecule has 0 spiro atoms. The lowest BCUT2D eigenvalue weighted by atomic mass is 9.74. The van der Waals surface area contributed by atoms with E-state index in [1.165, 1.54) is 33.0 Å². The summed E-state index contributed by atoms with van der Waals surface area (Å²) >= 11 is 0. The number of nitrogens with one attached hydrogen (secondary N) is 1. The number of methoxy groups -OCH3 is 3. The predicted octanol–water partition coefficient (Wildman–Crippen LogP) is 3.46. The van der Waals surface area contributed by atoms with Crippen LogP contribution >= 0.6 is 0 Å². The number of anilines is 1. The highest BCUT2D eigenvalue weighted by Gasteiger charge is 2.54. The SMILES string of the molecule is CC[C@H]1OC(=O)[C@H](C)[C@@H](O[C@H]2C[C@@](C)(OC)[C@@H](O)[C@H](C)O2)[C@H](C)[C@@H](O[C@@H]2O[C@H](C)C[C@H](N(C)C(=O)CNc3ccc(OC)cc3)[C@H]2O)[C@@](C)(OC)C[C@@H](C)C(=O)[C@H](C)[C@@H](O)[C@]1(C)O. The summed E-state index contributed by atoms with van der Waals surface area (Å²) in [6, 6.07) is 6.40. The number of ketones is 1. The van der Waals surface area contributed by atoms with E-state index >= 15 is 0 Å². The van der Waals surface area contributed by atoms with Gasteiger partial charge in [0.05, 0.1) is 67.3 Å². The van der Waals surface area contributed by atoms with E-state index < -0.39 is 114 Å². The van der Waals surface area contributed by atoms with Gasteiger partial charge in [0.15, 0.2) is 12.6 Å². The zero-order valence-electron chi connectivity index (χ0n) is 39.7. The molecule has 1 aromatic carbocycles. The topological polar surface area (TPSA) is 221 Å². The molecule has 18 atom stereocenters. The van der Waals surface area contributed by atoms with Crippen LogP contribution in [0, 0.1) is 23.7 Å². The third-order valence-electron chi connectivity index (χ3n) is 14.0. The molecule has 17 nitrogen and oxygen atoms in total. The Kier molecular flexibility index (Phi) is 18.0. The predicted molar refractivity (Wildman–Crippen MR) is 232 cm³/mol. The van der Waals surface area contributed by atoms with Crippen molar-refractivity contribution in [2.45, 2.75) is 179 Å². The van der Waals surface area contributed by atoms with Gasteiger partial charge in [0, 0.05) is 51.1 Å². The van der Waals surface area contributed by atoms with Gasteiger partial charge in [0.2, 0.25) is 5.91 Å². The van der Waals surface area contributed by atoms with Crippen molar-refractivity contribution in [3.63, 3.8) is 0 Å². The molecule has 3 fully saturated rings. The zero-order valence-corrected chi connectivity index (χ0v) is 39.7. The number of esters is 1. The van der Waals surface area contributed by atoms with E-state index in [0.717, 1.165) is 0 Å². The number of ether oxygens (including phenoxy) is 8. The van der Waals surface area contributed by atoms with Gasteiger partial charge in [-0.05, 0) is 85.1 Å². The molecule has 0 radical (unpaired) electrons. The fourth-order valence-corrected chi connectivity index (χ4v) is 9.65. The molecule has 3 heterocycles. The number of hydrogen-bond acceptors (Lipinski definition) is 16. The van der Waals surface area contributed by atoms with Crippen molar-refractivity contribution in [1.29, 1.82) is 0 Å². The van der Waals surface area contributed by atoms with Gasteiger partial charge in [0.25, 0.3) is 0 Å². The molecule has 1 amide bonds. The van der Waals surface area contributed by atoms with E-state index in [9.17, 15) is 34.8 Å². The average molecular weight is 897 g/mol. The first-order chi connectivity index (χ1) is 29.4. The van der Waals surface area contributed by atoms with E-state index in [1.807, 2.05) is 6.92 Å². The van der Waals surface area contributed by atoms with Gasteiger partial charge in [-0.25, -0.2) is 0 Å². The van der Waals surface area contributed by atoms with Crippen molar-refractivity contribution in [3.05, 3.63) is 24.3 Å². The van der Waals surface area contributed by atoms with Crippen molar-refractivity contribution in [2.75, 3.05) is 40.2 Å². The Morgan fingerprint density at radius 3 is 2.06 bits per heavy atom. The van der Waals surface area contributed by atoms with Crippen LogP contribution in [-0.4, -0.2) is 162 Å². The first-order valence-electron chi connectivity index (χ1n) is 22.3. The van der Waals surface area contributed by atoms with Crippen LogP contribution in [-0.2, 0) is 47.5 Å². The van der Waals surface area contributed by atoms with E-state index in [-0.39, 0.29) is 43.9 Å². The molecule has 0 aliphatic carbocycles. The Balaban J connectivity index is 1.78. The Hall–Kier alpha value is -2.97. The average Bonchev–Trinajstić information content (AvgIpc) is 3.26. The van der Waals surface area contributed by atoms with Gasteiger partial charge >= 0.3 is 5.97 Å². The van der Waals surface area contributed by atoms with Crippen molar-refractivity contribution < 1.29 is 72.7 Å². The summed E-state index contributed by atoms with van der Waals surface area (Å²) in [7, 11) is 6.13. The van der Waals surface area contributed by atoms with Crippen LogP contribution in [0.25, 0.3) is 0 Å². The van der Waals surface area contributed by atoms with Gasteiger partial charge in [-0.15, -0.1) is 0 Å². The molecule has 3 saturated heterocycles. The maximum atomic E-state index is 14.4. The van der Waals surface area contributed by atoms with Crippen LogP contribution in [0.5, 0.6) is 5.75 Å². The Morgan fingerprint density at radius 1 is 0.873 bits per heavy atom. The number of carbonyl (C=O) groups is 3. The van der Waals surface area contributed by atoms with E-state index in [1.54, 1.807) is 86.9 Å². The molecule has 360 valence electrons. The van der Waals surface area contributed by atoms with Gasteiger partial charge in [-0.2, -0.15) is 0 Å². The molecule has 17 heteroatoms. The monoisotopic (exact) mass is 897 g/mol. The lowest BCUT2D eigenvalue weighted by Gasteiger charge is -2.50. The standard InChI is InChI=1S/C46H76N2O15/c1-15-33-46(10,55)39(52)26(4)36(50)24(2)21-45(9,58-14)41(27(5)38(28(6)42(54)61-33)62-35-22-44(8,57-13)40(53)29(7)60-35)63-43-37(51)32(20-25(3)59-43)48(11)34(49)23-47-30-16-18-31(56-12)19-17-30/h16-19,24-29,32-33,35,37-41,43,47,51-53,55H,15,20-23H2,1-14H3/t24-,25-,26+,27+,28-,29+,32+,33-,35+,37-,38+,39-,40+,41-,43+,44-,45+,46-/m1/s1. The minimum absolute atomic E-state index is 0.0292. The summed E-state index contributed by atoms with van der Waals surface area (Å²) in [5.41, 5.74) is -3.76. The zero-order chi connectivity index (χ0) is 47.4. The van der Waals surface area contributed by atoms with Crippen LogP contribution in [0.2, 0.25) is 0 Å². The molecule has 1 aromatic rings. The molecule has 0 unspecified atom stereocenters. The van der Waals surface area contributed by atoms with E-state index in [2.05, 4.69) is 5.32 Å². The van der Waals surface area contributed by atoms with Crippen LogP contribution in [0.1, 0.15) is 94.9 Å². The first kappa shape index (κ1) is 52.7. The van der Waals surface area contributed by atoms with Crippen molar-refractivity contribution in [2.24, 2.45) is 23.7 Å². The van der Waals surface area contributed by atoms with Crippen LogP contribution in [0.4, 0.5) is 5.69 Å². The second kappa shape index (κ2) is 21.6. The minimum atomic E-state index is -2.01. The lowest BCUT2D eigenvalue weighted by Crippen LogP contribution is -2.62. The maximum absolute atomic E-state index is 14.4. The quantitative estimate of drug-likeness (QED) is 0.190. The Bertz CT molecular complexity index is 1670. The van der Waals surface area contributed by atoms with Crippen molar-refractivity contribution in [1.82, 2.24) is 4.90 Å². The fourth-order valence-electron chi connectivity index (χ4n) is 9.65. The smallest absolute Gasteiger partial charge is 0.311 e. The maximum Gasteiger partial charge on any atom is 0.311 e. The number of likely N-dealkylation sites (N-methyl/N-ethyl adjacent to an activating group) is 1. The number of hydrogen-bond donors (Lipinski definition) is 5. The van der Waals surface area contributed by atoms with Gasteiger partial charge in [0.1, 0.15) is 35.4 Å². The number of aliphatic hydroxyl groups excluding tert-OH is 3. The number of carbonyl (C=O) groups excluding carboxylic acids is 3. The normalized spacial score (nSPS) is 42.2. The molecule has 5 N–H and O–H groups in total. The van der Waals surface area contributed by atoms with Crippen molar-refractivity contribution in [3.8, 4) is 5.75 Å². The van der Waals surface area contributed by atoms with Crippen LogP contribution < -0.4 is 10.1 Å². The second-order valence-electron chi connectivity index (χ2n) is 18.8. The molecule has 0 bridgehead atoms. The van der Waals surface area contributed by atoms with Crippen LogP contribution in [0.15, 0.2) is 24.3 Å². The highest BCUT2D eigenvalue weighted by atomic mass is 16.7. The fraction of sp³-hybridized carbons (Fsp3) is 0.804. The van der Waals surface area contributed by atoms with E-state index in [0.29, 0.717) is 11.4 Å². The van der Waals surface area contributed by atoms with Gasteiger partial charge < -0.3 is 68.5 Å². The summed E-state index contributed by atoms with van der Waals surface area (Å²) in [5, 5.41) is 49.5. The summed E-state index contributed by atoms with van der Waals surface area (Å²) in [4.78, 5) is 43.6. The Labute approximate surface area is 373 Å². The third-order valence-corrected chi connectivity index (χ3v) is 14.0. The molecular formula is C46H76N2O15. The number of nitrogens with zero attached hydrogens (tertiary/aromatic N) is 1. The van der Waals surface area contributed by atoms with Crippen LogP contribution in [0.3, 0.4) is 0 Å². The lowest BCUT2D eigenvalue weighted by molar-refractivity contribution is -0.319. The van der Waals surface area contributed by atoms with Crippen molar-refractivity contribution >= 4 is 23.3 Å². The van der Waals surface area contributed by atoms with Gasteiger partial charge in [-0.3, -0.25) is 14.4 Å².